The molecular formula is C10H17ClN4S. The molecule has 0 radical (unpaired) electrons. The molecule has 0 aromatic carbocycles. The van der Waals surface area contributed by atoms with Crippen LogP contribution in [0.5, 0.6) is 0 Å². The second kappa shape index (κ2) is 5.40. The summed E-state index contributed by atoms with van der Waals surface area (Å²) in [7, 11) is 0. The van der Waals surface area contributed by atoms with Gasteiger partial charge in [-0.25, -0.2) is 0 Å². The van der Waals surface area contributed by atoms with Gasteiger partial charge in [0.1, 0.15) is 10.0 Å². The lowest BCUT2D eigenvalue weighted by Gasteiger charge is -2.36. The van der Waals surface area contributed by atoms with E-state index in [0.717, 1.165) is 38.2 Å². The lowest BCUT2D eigenvalue weighted by Crippen LogP contribution is -2.46. The van der Waals surface area contributed by atoms with Gasteiger partial charge in [0, 0.05) is 37.2 Å². The fourth-order valence-electron chi connectivity index (χ4n) is 2.20. The normalized spacial score (nSPS) is 27.2. The van der Waals surface area contributed by atoms with Crippen molar-refractivity contribution in [3.8, 4) is 0 Å². The zero-order chi connectivity index (χ0) is 11.5. The maximum absolute atomic E-state index is 6.08. The Bertz CT molecular complexity index is 343. The fraction of sp³-hybridized carbons (Fsp3) is 0.800. The van der Waals surface area contributed by atoms with Crippen LogP contribution in [0, 0.1) is 5.92 Å². The second-order valence-corrected chi connectivity index (χ2v) is 5.71. The molecule has 1 aliphatic rings. The van der Waals surface area contributed by atoms with Gasteiger partial charge in [0.25, 0.3) is 0 Å². The van der Waals surface area contributed by atoms with Crippen LogP contribution >= 0.6 is 23.1 Å². The number of nitrogens with zero attached hydrogens (tertiary/aromatic N) is 3. The van der Waals surface area contributed by atoms with Gasteiger partial charge in [-0.15, -0.1) is 5.10 Å². The molecule has 1 aliphatic heterocycles. The third kappa shape index (κ3) is 2.71. The smallest absolute Gasteiger partial charge is 0.138 e. The van der Waals surface area contributed by atoms with Gasteiger partial charge >= 0.3 is 0 Å². The highest BCUT2D eigenvalue weighted by atomic mass is 35.5. The number of rotatable bonds is 3. The average Bonchev–Trinajstić information content (AvgIpc) is 2.67. The summed E-state index contributed by atoms with van der Waals surface area (Å²) >= 11 is 7.25. The van der Waals surface area contributed by atoms with Crippen LogP contribution in [0.4, 0.5) is 0 Å². The van der Waals surface area contributed by atoms with E-state index in [1.54, 1.807) is 0 Å². The summed E-state index contributed by atoms with van der Waals surface area (Å²) in [5.41, 5.74) is 6.98. The summed E-state index contributed by atoms with van der Waals surface area (Å²) in [6.07, 6.45) is 2.20. The van der Waals surface area contributed by atoms with E-state index < -0.39 is 0 Å². The largest absolute Gasteiger partial charge is 0.327 e. The van der Waals surface area contributed by atoms with Gasteiger partial charge < -0.3 is 5.73 Å². The van der Waals surface area contributed by atoms with Crippen molar-refractivity contribution in [2.24, 2.45) is 11.7 Å². The summed E-state index contributed by atoms with van der Waals surface area (Å²) in [4.78, 5) is 2.38. The van der Waals surface area contributed by atoms with Crippen LogP contribution in [-0.4, -0.2) is 33.6 Å². The summed E-state index contributed by atoms with van der Waals surface area (Å²) < 4.78 is 4.56. The number of nitrogens with two attached hydrogens (primary N) is 1. The molecule has 16 heavy (non-hydrogen) atoms. The molecule has 0 aliphatic carbocycles. The van der Waals surface area contributed by atoms with Crippen molar-refractivity contribution in [3.63, 3.8) is 0 Å². The van der Waals surface area contributed by atoms with Gasteiger partial charge in [0.05, 0.1) is 0 Å². The predicted octanol–water partition coefficient (Wildman–Crippen LogP) is 1.75. The number of likely N-dealkylation sites (tertiary alicyclic amines) is 1. The van der Waals surface area contributed by atoms with Gasteiger partial charge in [-0.2, -0.15) is 0 Å². The molecule has 2 unspecified atom stereocenters. The van der Waals surface area contributed by atoms with Crippen LogP contribution in [0.1, 0.15) is 25.5 Å². The molecule has 1 aromatic heterocycles. The van der Waals surface area contributed by atoms with Crippen molar-refractivity contribution in [1.29, 1.82) is 0 Å². The molecule has 0 saturated carbocycles. The summed E-state index contributed by atoms with van der Waals surface area (Å²) in [5.74, 6) is 0.596. The third-order valence-corrected chi connectivity index (χ3v) is 4.27. The van der Waals surface area contributed by atoms with Gasteiger partial charge in [-0.1, -0.05) is 29.4 Å². The minimum absolute atomic E-state index is 0.352. The molecule has 1 aromatic rings. The molecule has 0 amide bonds. The number of aromatic nitrogens is 2. The molecular weight excluding hydrogens is 244 g/mol. The Hall–Kier alpha value is -0.230. The van der Waals surface area contributed by atoms with Gasteiger partial charge in [0.15, 0.2) is 0 Å². The molecule has 1 saturated heterocycles. The first-order valence-corrected chi connectivity index (χ1v) is 6.80. The van der Waals surface area contributed by atoms with Crippen LogP contribution in [0.2, 0.25) is 4.34 Å². The second-order valence-electron chi connectivity index (χ2n) is 4.35. The molecule has 0 spiro atoms. The van der Waals surface area contributed by atoms with Crippen LogP contribution in [0.15, 0.2) is 0 Å². The monoisotopic (exact) mass is 260 g/mol. The van der Waals surface area contributed by atoms with E-state index in [1.165, 1.54) is 11.5 Å². The lowest BCUT2D eigenvalue weighted by molar-refractivity contribution is 0.144. The lowest BCUT2D eigenvalue weighted by atomic mass is 9.91. The molecule has 2 rings (SSSR count). The van der Waals surface area contributed by atoms with Crippen molar-refractivity contribution in [2.75, 3.05) is 13.1 Å². The standard InChI is InChI=1S/C10H17ClN4S/c1-2-7-5-15(4-3-8(7)12)6-9-10(11)16-14-13-9/h7-8H,2-6,12H2,1H3. The Labute approximate surface area is 105 Å². The third-order valence-electron chi connectivity index (χ3n) is 3.28. The molecule has 6 heteroatoms. The van der Waals surface area contributed by atoms with Crippen LogP contribution in [0.25, 0.3) is 0 Å². The fourth-order valence-corrected chi connectivity index (χ4v) is 2.82. The first-order valence-electron chi connectivity index (χ1n) is 5.65. The maximum atomic E-state index is 6.08. The zero-order valence-electron chi connectivity index (χ0n) is 9.40. The van der Waals surface area contributed by atoms with Crippen LogP contribution < -0.4 is 5.73 Å². The van der Waals surface area contributed by atoms with Gasteiger partial charge in [-0.05, 0) is 12.3 Å². The minimum Gasteiger partial charge on any atom is -0.327 e. The Kier molecular flexibility index (Phi) is 4.13. The van der Waals surface area contributed by atoms with Crippen molar-refractivity contribution in [3.05, 3.63) is 10.0 Å². The molecule has 4 nitrogen and oxygen atoms in total. The zero-order valence-corrected chi connectivity index (χ0v) is 11.0. The molecule has 1 fully saturated rings. The first-order chi connectivity index (χ1) is 7.70. The molecule has 90 valence electrons. The summed E-state index contributed by atoms with van der Waals surface area (Å²) in [6, 6.07) is 0.352. The highest BCUT2D eigenvalue weighted by Crippen LogP contribution is 2.23. The minimum atomic E-state index is 0.352. The van der Waals surface area contributed by atoms with E-state index in [-0.39, 0.29) is 0 Å². The summed E-state index contributed by atoms with van der Waals surface area (Å²) in [6.45, 7) is 5.08. The molecule has 2 atom stereocenters. The Morgan fingerprint density at radius 1 is 1.62 bits per heavy atom. The summed E-state index contributed by atoms with van der Waals surface area (Å²) in [5, 5.41) is 4.04. The van der Waals surface area contributed by atoms with Crippen LogP contribution in [-0.2, 0) is 6.54 Å². The van der Waals surface area contributed by atoms with E-state index in [9.17, 15) is 0 Å². The molecule has 2 N–H and O–H groups in total. The van der Waals surface area contributed by atoms with E-state index in [4.69, 9.17) is 17.3 Å². The average molecular weight is 261 g/mol. The topological polar surface area (TPSA) is 55.0 Å². The molecule has 2 heterocycles. The van der Waals surface area contributed by atoms with E-state index >= 15 is 0 Å². The van der Waals surface area contributed by atoms with E-state index in [1.807, 2.05) is 0 Å². The van der Waals surface area contributed by atoms with Crippen molar-refractivity contribution < 1.29 is 0 Å². The Balaban J connectivity index is 1.94. The quantitative estimate of drug-likeness (QED) is 0.900. The van der Waals surface area contributed by atoms with Crippen LogP contribution in [0.3, 0.4) is 0 Å². The highest BCUT2D eigenvalue weighted by molar-refractivity contribution is 7.10. The number of halogens is 1. The van der Waals surface area contributed by atoms with Crippen molar-refractivity contribution in [2.45, 2.75) is 32.4 Å². The van der Waals surface area contributed by atoms with E-state index in [2.05, 4.69) is 21.4 Å². The van der Waals surface area contributed by atoms with Crippen molar-refractivity contribution in [1.82, 2.24) is 14.5 Å². The molecule has 0 bridgehead atoms. The van der Waals surface area contributed by atoms with Gasteiger partial charge in [0.2, 0.25) is 0 Å². The Morgan fingerprint density at radius 3 is 3.06 bits per heavy atom. The Morgan fingerprint density at radius 2 is 2.44 bits per heavy atom. The highest BCUT2D eigenvalue weighted by Gasteiger charge is 2.26. The maximum Gasteiger partial charge on any atom is 0.138 e. The number of piperidine rings is 1. The SMILES string of the molecule is CCC1CN(Cc2nnsc2Cl)CCC1N. The predicted molar refractivity (Wildman–Crippen MR) is 66.6 cm³/mol. The van der Waals surface area contributed by atoms with E-state index in [0.29, 0.717) is 16.3 Å². The number of hydrogen-bond donors (Lipinski definition) is 1. The number of hydrogen-bond acceptors (Lipinski definition) is 5. The van der Waals surface area contributed by atoms with Crippen molar-refractivity contribution >= 4 is 23.1 Å². The van der Waals surface area contributed by atoms with Gasteiger partial charge in [-0.3, -0.25) is 4.90 Å². The first kappa shape index (κ1) is 12.2.